The number of aliphatic imine (C=N–C) groups is 2. The maximum atomic E-state index is 4.76. The van der Waals surface area contributed by atoms with E-state index in [1.54, 1.807) is 0 Å². The van der Waals surface area contributed by atoms with Gasteiger partial charge in [0.1, 0.15) is 0 Å². The Balaban J connectivity index is 0.000000758. The number of hydrogen-bond acceptors (Lipinski definition) is 2. The van der Waals surface area contributed by atoms with Crippen molar-refractivity contribution >= 4 is 44.0 Å². The second-order valence-corrected chi connectivity index (χ2v) is 7.43. The van der Waals surface area contributed by atoms with Crippen LogP contribution in [0.15, 0.2) is 70.6 Å². The summed E-state index contributed by atoms with van der Waals surface area (Å²) in [6, 6.07) is 20.2. The van der Waals surface area contributed by atoms with Crippen LogP contribution in [0.3, 0.4) is 0 Å². The molecular weight excluding hydrogens is 409 g/mol. The fraction of sp³-hybridized carbons (Fsp3) is 0.100. The van der Waals surface area contributed by atoms with Crippen molar-refractivity contribution in [3.8, 4) is 0 Å². The molecule has 3 rings (SSSR count). The van der Waals surface area contributed by atoms with Crippen LogP contribution in [0.2, 0.25) is 0 Å². The van der Waals surface area contributed by atoms with Gasteiger partial charge in [0, 0.05) is 0 Å². The van der Waals surface area contributed by atoms with Crippen LogP contribution in [0.1, 0.15) is 22.5 Å². The third kappa shape index (κ3) is 7.19. The number of rotatable bonds is 4. The number of hydrogen-bond donors (Lipinski definition) is 1. The molecule has 3 nitrogen and oxygen atoms in total. The van der Waals surface area contributed by atoms with E-state index in [1.807, 2.05) is 48.8 Å². The van der Waals surface area contributed by atoms with Gasteiger partial charge < -0.3 is 4.98 Å². The molecule has 0 amide bonds. The van der Waals surface area contributed by atoms with Crippen LogP contribution in [0.5, 0.6) is 0 Å². The van der Waals surface area contributed by atoms with Crippen molar-refractivity contribution < 1.29 is 13.1 Å². The van der Waals surface area contributed by atoms with Gasteiger partial charge in [-0.2, -0.15) is 0 Å². The van der Waals surface area contributed by atoms with E-state index < -0.39 is 0 Å². The summed E-state index contributed by atoms with van der Waals surface area (Å²) in [5, 5.41) is 0. The Kier molecular flexibility index (Phi) is 8.66. The number of nitrogens with zero attached hydrogens (tertiary/aromatic N) is 2. The van der Waals surface area contributed by atoms with E-state index in [0.29, 0.717) is 0 Å². The van der Waals surface area contributed by atoms with Crippen molar-refractivity contribution in [3.63, 3.8) is 0 Å². The van der Waals surface area contributed by atoms with Crippen molar-refractivity contribution in [2.45, 2.75) is 13.8 Å². The van der Waals surface area contributed by atoms with Crippen LogP contribution in [0, 0.1) is 13.8 Å². The number of aromatic nitrogens is 1. The minimum atomic E-state index is 0.194. The van der Waals surface area contributed by atoms with Gasteiger partial charge in [0.2, 0.25) is 0 Å². The van der Waals surface area contributed by atoms with E-state index in [4.69, 9.17) is 20.2 Å². The van der Waals surface area contributed by atoms with Crippen LogP contribution < -0.4 is 0 Å². The normalized spacial score (nSPS) is 11.1. The molecule has 0 aliphatic carbocycles. The molecule has 0 aliphatic heterocycles. The summed E-state index contributed by atoms with van der Waals surface area (Å²) in [5.41, 5.74) is 6.27. The Morgan fingerprint density at radius 3 is 1.38 bits per heavy atom. The predicted molar refractivity (Wildman–Crippen MR) is 109 cm³/mol. The first-order valence-electron chi connectivity index (χ1n) is 7.86. The van der Waals surface area contributed by atoms with Crippen molar-refractivity contribution in [2.24, 2.45) is 9.98 Å². The predicted octanol–water partition coefficient (Wildman–Crippen LogP) is 6.51. The summed E-state index contributed by atoms with van der Waals surface area (Å²) >= 11 is 0.194. The fourth-order valence-corrected chi connectivity index (χ4v) is 2.13. The van der Waals surface area contributed by atoms with E-state index in [2.05, 4.69) is 53.1 Å². The molecule has 6 heteroatoms. The van der Waals surface area contributed by atoms with Crippen molar-refractivity contribution in [3.05, 3.63) is 83.2 Å². The Labute approximate surface area is 168 Å². The summed E-state index contributed by atoms with van der Waals surface area (Å²) in [4.78, 5) is 12.2. The Morgan fingerprint density at radius 2 is 1.04 bits per heavy atom. The molecule has 1 N–H and O–H groups in total. The number of aryl methyl sites for hydroxylation is 2. The molecule has 0 bridgehead atoms. The van der Waals surface area contributed by atoms with Gasteiger partial charge >= 0.3 is 33.3 Å². The summed E-state index contributed by atoms with van der Waals surface area (Å²) < 4.78 is 0. The molecule has 0 unspecified atom stereocenters. The fourth-order valence-electron chi connectivity index (χ4n) is 2.13. The summed E-state index contributed by atoms with van der Waals surface area (Å²) in [6.45, 7) is 4.14. The zero-order valence-electron chi connectivity index (χ0n) is 14.4. The average molecular weight is 428 g/mol. The molecule has 1 heterocycles. The topological polar surface area (TPSA) is 40.5 Å². The molecule has 136 valence electrons. The summed E-state index contributed by atoms with van der Waals surface area (Å²) in [7, 11) is 9.53. The molecule has 0 radical (unpaired) electrons. The summed E-state index contributed by atoms with van der Waals surface area (Å²) in [5.74, 6) is 0. The first-order chi connectivity index (χ1) is 12.6. The first kappa shape index (κ1) is 20.5. The first-order valence-corrected chi connectivity index (χ1v) is 10.9. The monoisotopic (exact) mass is 427 g/mol. The van der Waals surface area contributed by atoms with E-state index in [1.165, 1.54) is 11.1 Å². The minimum absolute atomic E-state index is 0.194. The number of aromatic amines is 1. The number of halogens is 2. The molecule has 0 atom stereocenters. The third-order valence-corrected chi connectivity index (χ3v) is 3.50. The van der Waals surface area contributed by atoms with Crippen molar-refractivity contribution in [1.82, 2.24) is 4.98 Å². The maximum absolute atomic E-state index is 4.76. The van der Waals surface area contributed by atoms with Crippen LogP contribution in [-0.4, -0.2) is 17.4 Å². The van der Waals surface area contributed by atoms with E-state index >= 15 is 0 Å². The van der Waals surface area contributed by atoms with Gasteiger partial charge in [-0.15, -0.1) is 0 Å². The van der Waals surface area contributed by atoms with Crippen LogP contribution >= 0.6 is 20.2 Å². The number of H-pyrrole nitrogens is 1. The summed E-state index contributed by atoms with van der Waals surface area (Å²) in [6.07, 6.45) is 3.65. The Morgan fingerprint density at radius 1 is 0.692 bits per heavy atom. The van der Waals surface area contributed by atoms with Gasteiger partial charge in [0.25, 0.3) is 0 Å². The van der Waals surface area contributed by atoms with Crippen LogP contribution in [0.25, 0.3) is 0 Å². The van der Waals surface area contributed by atoms with Gasteiger partial charge in [0.15, 0.2) is 0 Å². The Hall–Kier alpha value is -1.84. The molecule has 3 aromatic rings. The second kappa shape index (κ2) is 11.0. The molecule has 0 aliphatic rings. The number of benzene rings is 2. The SMILES string of the molecule is Cc1ccc(N=Cc2ccc(C=Nc3ccc(C)cc3)[nH]2)cc1.[Cl][Fe][Cl]. The number of nitrogens with one attached hydrogen (secondary N) is 1. The van der Waals surface area contributed by atoms with Gasteiger partial charge in [-0.3, -0.25) is 9.98 Å². The molecule has 0 fully saturated rings. The average Bonchev–Trinajstić information content (AvgIpc) is 3.09. The second-order valence-electron chi connectivity index (χ2n) is 5.61. The zero-order valence-corrected chi connectivity index (χ0v) is 17.0. The van der Waals surface area contributed by atoms with Crippen LogP contribution in [-0.2, 0) is 13.1 Å². The molecule has 26 heavy (non-hydrogen) atoms. The standard InChI is InChI=1S/C20H19N3.2ClH.Fe/c1-15-3-7-17(8-4-15)21-13-19-11-12-20(23-19)14-22-18-9-5-16(2)6-10-18;;;/h3-14,23H,1-2H3;2*1H;/q;;;+2/p-2. The van der Waals surface area contributed by atoms with Crippen molar-refractivity contribution in [1.29, 1.82) is 0 Å². The van der Waals surface area contributed by atoms with Gasteiger partial charge in [-0.25, -0.2) is 0 Å². The Bertz CT molecular complexity index is 784. The molecule has 0 saturated heterocycles. The molecule has 0 saturated carbocycles. The van der Waals surface area contributed by atoms with Gasteiger partial charge in [-0.05, 0) is 50.2 Å². The zero-order chi connectivity index (χ0) is 18.8. The molecule has 2 aromatic carbocycles. The quantitative estimate of drug-likeness (QED) is 0.364. The van der Waals surface area contributed by atoms with Crippen LogP contribution in [0.4, 0.5) is 11.4 Å². The van der Waals surface area contributed by atoms with E-state index in [0.717, 1.165) is 22.8 Å². The van der Waals surface area contributed by atoms with Gasteiger partial charge in [-0.1, -0.05) is 35.4 Å². The van der Waals surface area contributed by atoms with Gasteiger partial charge in [0.05, 0.1) is 35.2 Å². The third-order valence-electron chi connectivity index (χ3n) is 3.50. The molecule has 0 spiro atoms. The van der Waals surface area contributed by atoms with Crippen molar-refractivity contribution in [2.75, 3.05) is 0 Å². The van der Waals surface area contributed by atoms with E-state index in [-0.39, 0.29) is 13.1 Å². The molecular formula is C20H19Cl2FeN3. The molecule has 1 aromatic heterocycles. The van der Waals surface area contributed by atoms with E-state index in [9.17, 15) is 0 Å².